The quantitative estimate of drug-likeness (QED) is 0.706. The Hall–Kier alpha value is -3.14. The molecule has 1 aromatic rings. The van der Waals surface area contributed by atoms with Gasteiger partial charge in [-0.25, -0.2) is 14.1 Å². The molecular weight excluding hydrogens is 387 g/mol. The van der Waals surface area contributed by atoms with Crippen LogP contribution in [-0.4, -0.2) is 55.0 Å². The normalized spacial score (nSPS) is 19.1. The number of hydrogen-bond donors (Lipinski definition) is 1. The summed E-state index contributed by atoms with van der Waals surface area (Å²) in [5.41, 5.74) is 2.12. The molecule has 0 aromatic carbocycles. The third kappa shape index (κ3) is 3.47. The van der Waals surface area contributed by atoms with Crippen LogP contribution in [0.25, 0.3) is 11.3 Å². The topological polar surface area (TPSA) is 93.3 Å². The van der Waals surface area contributed by atoms with Crippen molar-refractivity contribution < 1.29 is 9.13 Å². The van der Waals surface area contributed by atoms with Gasteiger partial charge in [0.2, 0.25) is 0 Å². The second-order valence-electron chi connectivity index (χ2n) is 7.75. The van der Waals surface area contributed by atoms with Crippen molar-refractivity contribution in [2.45, 2.75) is 45.5 Å². The summed E-state index contributed by atoms with van der Waals surface area (Å²) in [5, 5.41) is 16.2. The highest BCUT2D eigenvalue weighted by Gasteiger charge is 2.29. The first-order valence-corrected chi connectivity index (χ1v) is 10.1. The standard InChI is InChI=1S/C20H23FN8O/c1-12(2)30-17-4-3-13-15(7-14(17)21)26-27-20(13)16-8-18(23-10-22-16)28-5-6-29-19(9-28)24-11-25-29/h3-4,7,11-12,16,22H,5-6,8-10H2,1-2H3. The number of aliphatic imine (C=N–C) groups is 1. The van der Waals surface area contributed by atoms with Gasteiger partial charge in [0.25, 0.3) is 0 Å². The number of rotatable bonds is 3. The molecule has 1 aromatic heterocycles. The van der Waals surface area contributed by atoms with Gasteiger partial charge in [-0.2, -0.15) is 15.3 Å². The van der Waals surface area contributed by atoms with Gasteiger partial charge in [-0.05, 0) is 26.0 Å². The highest BCUT2D eigenvalue weighted by molar-refractivity contribution is 5.84. The Labute approximate surface area is 173 Å². The molecule has 5 rings (SSSR count). The molecule has 4 heterocycles. The van der Waals surface area contributed by atoms with Gasteiger partial charge in [-0.1, -0.05) is 0 Å². The zero-order valence-electron chi connectivity index (χ0n) is 16.9. The van der Waals surface area contributed by atoms with E-state index in [1.165, 1.54) is 6.07 Å². The molecular formula is C20H23FN8O. The lowest BCUT2D eigenvalue weighted by Gasteiger charge is -2.33. The molecule has 0 spiro atoms. The maximum Gasteiger partial charge on any atom is 0.167 e. The Morgan fingerprint density at radius 2 is 2.13 bits per heavy atom. The van der Waals surface area contributed by atoms with Gasteiger partial charge in [0.05, 0.1) is 43.3 Å². The zero-order valence-corrected chi connectivity index (χ0v) is 16.9. The molecule has 9 nitrogen and oxygen atoms in total. The molecule has 3 aliphatic heterocycles. The molecule has 0 fully saturated rings. The lowest BCUT2D eigenvalue weighted by atomic mass is 10.0. The van der Waals surface area contributed by atoms with Crippen LogP contribution in [0.15, 0.2) is 29.5 Å². The fourth-order valence-electron chi connectivity index (χ4n) is 3.93. The van der Waals surface area contributed by atoms with Crippen molar-refractivity contribution in [2.24, 2.45) is 4.99 Å². The second kappa shape index (κ2) is 7.60. The summed E-state index contributed by atoms with van der Waals surface area (Å²) in [6.07, 6.45) is 2.16. The molecule has 1 aliphatic carbocycles. The maximum absolute atomic E-state index is 14.5. The summed E-state index contributed by atoms with van der Waals surface area (Å²) >= 11 is 0. The van der Waals surface area contributed by atoms with Crippen LogP contribution in [0.3, 0.4) is 0 Å². The van der Waals surface area contributed by atoms with Crippen molar-refractivity contribution >= 4 is 5.84 Å². The van der Waals surface area contributed by atoms with E-state index in [0.29, 0.717) is 25.3 Å². The minimum Gasteiger partial charge on any atom is -0.488 e. The van der Waals surface area contributed by atoms with Gasteiger partial charge < -0.3 is 9.64 Å². The third-order valence-corrected chi connectivity index (χ3v) is 5.37. The monoisotopic (exact) mass is 410 g/mol. The van der Waals surface area contributed by atoms with Crippen LogP contribution in [0.1, 0.15) is 37.8 Å². The summed E-state index contributed by atoms with van der Waals surface area (Å²) in [7, 11) is 0. The molecule has 1 atom stereocenters. The second-order valence-corrected chi connectivity index (χ2v) is 7.75. The first-order valence-electron chi connectivity index (χ1n) is 10.1. The average Bonchev–Trinajstić information content (AvgIpc) is 3.34. The summed E-state index contributed by atoms with van der Waals surface area (Å²) in [6.45, 7) is 6.55. The Morgan fingerprint density at radius 1 is 1.23 bits per heavy atom. The lowest BCUT2D eigenvalue weighted by molar-refractivity contribution is 0.231. The number of hydrogen-bond acceptors (Lipinski definition) is 8. The fourth-order valence-corrected chi connectivity index (χ4v) is 3.93. The van der Waals surface area contributed by atoms with Crippen LogP contribution in [-0.2, 0) is 13.1 Å². The number of fused-ring (bicyclic) bond motifs is 2. The van der Waals surface area contributed by atoms with Crippen LogP contribution >= 0.6 is 0 Å². The van der Waals surface area contributed by atoms with E-state index >= 15 is 0 Å². The lowest BCUT2D eigenvalue weighted by Crippen LogP contribution is -2.43. The Bertz CT molecular complexity index is 1060. The number of ether oxygens (including phenoxy) is 1. The Kier molecular flexibility index (Phi) is 4.78. The van der Waals surface area contributed by atoms with E-state index in [1.54, 1.807) is 12.4 Å². The van der Waals surface area contributed by atoms with Crippen LogP contribution in [0, 0.1) is 5.82 Å². The number of nitrogens with zero attached hydrogens (tertiary/aromatic N) is 7. The van der Waals surface area contributed by atoms with E-state index in [2.05, 4.69) is 35.5 Å². The summed E-state index contributed by atoms with van der Waals surface area (Å²) in [4.78, 5) is 11.2. The molecule has 0 saturated carbocycles. The largest absolute Gasteiger partial charge is 0.488 e. The fraction of sp³-hybridized carbons (Fsp3) is 0.450. The highest BCUT2D eigenvalue weighted by atomic mass is 19.1. The summed E-state index contributed by atoms with van der Waals surface area (Å²) in [6, 6.07) is 4.82. The van der Waals surface area contributed by atoms with E-state index < -0.39 is 5.82 Å². The van der Waals surface area contributed by atoms with Gasteiger partial charge in [-0.15, -0.1) is 0 Å². The van der Waals surface area contributed by atoms with Crippen molar-refractivity contribution in [2.75, 3.05) is 13.2 Å². The number of aromatic nitrogens is 5. The predicted molar refractivity (Wildman–Crippen MR) is 108 cm³/mol. The maximum atomic E-state index is 14.5. The number of amidine groups is 1. The van der Waals surface area contributed by atoms with Gasteiger partial charge in [0.1, 0.15) is 18.0 Å². The van der Waals surface area contributed by atoms with Crippen molar-refractivity contribution in [3.63, 3.8) is 0 Å². The minimum atomic E-state index is -0.443. The molecule has 10 heteroatoms. The van der Waals surface area contributed by atoms with Gasteiger partial charge in [-0.3, -0.25) is 10.3 Å². The first kappa shape index (κ1) is 18.9. The third-order valence-electron chi connectivity index (χ3n) is 5.37. The van der Waals surface area contributed by atoms with E-state index in [9.17, 15) is 4.39 Å². The van der Waals surface area contributed by atoms with E-state index in [0.717, 1.165) is 36.0 Å². The van der Waals surface area contributed by atoms with Crippen LogP contribution in [0.5, 0.6) is 5.75 Å². The summed E-state index contributed by atoms with van der Waals surface area (Å²) in [5.74, 6) is 1.73. The van der Waals surface area contributed by atoms with Crippen LogP contribution < -0.4 is 10.1 Å². The Morgan fingerprint density at radius 3 is 3.00 bits per heavy atom. The molecule has 0 amide bonds. The van der Waals surface area contributed by atoms with Gasteiger partial charge in [0.15, 0.2) is 11.6 Å². The van der Waals surface area contributed by atoms with Crippen LogP contribution in [0.4, 0.5) is 4.39 Å². The SMILES string of the molecule is CC(C)Oc1ccc2c(C3CC(N4CCn5ncnc5C4)=NCN3)nnc-2cc1F. The molecule has 4 aliphatic rings. The molecule has 0 radical (unpaired) electrons. The smallest absolute Gasteiger partial charge is 0.167 e. The van der Waals surface area contributed by atoms with E-state index in [1.807, 2.05) is 24.6 Å². The van der Waals surface area contributed by atoms with Crippen LogP contribution in [0.2, 0.25) is 0 Å². The molecule has 1 N–H and O–H groups in total. The molecule has 156 valence electrons. The van der Waals surface area contributed by atoms with E-state index in [-0.39, 0.29) is 17.9 Å². The molecule has 30 heavy (non-hydrogen) atoms. The van der Waals surface area contributed by atoms with Crippen molar-refractivity contribution in [3.8, 4) is 17.0 Å². The molecule has 0 bridgehead atoms. The van der Waals surface area contributed by atoms with E-state index in [4.69, 9.17) is 4.74 Å². The Balaban J connectivity index is 1.39. The predicted octanol–water partition coefficient (Wildman–Crippen LogP) is 2.01. The van der Waals surface area contributed by atoms with Crippen molar-refractivity contribution in [1.82, 2.24) is 35.2 Å². The van der Waals surface area contributed by atoms with Gasteiger partial charge >= 0.3 is 0 Å². The zero-order chi connectivity index (χ0) is 20.7. The number of nitrogens with one attached hydrogen (secondary N) is 1. The summed E-state index contributed by atoms with van der Waals surface area (Å²) < 4.78 is 22.0. The van der Waals surface area contributed by atoms with Crippen molar-refractivity contribution in [1.29, 1.82) is 0 Å². The minimum absolute atomic E-state index is 0.0535. The van der Waals surface area contributed by atoms with Crippen molar-refractivity contribution in [3.05, 3.63) is 41.9 Å². The van der Waals surface area contributed by atoms with Gasteiger partial charge in [0, 0.05) is 24.6 Å². The number of halogens is 1. The first-order chi connectivity index (χ1) is 14.6. The molecule has 0 saturated heterocycles. The average molecular weight is 410 g/mol. The molecule has 1 unspecified atom stereocenters. The highest BCUT2D eigenvalue weighted by Crippen LogP contribution is 2.33.